The fourth-order valence-electron chi connectivity index (χ4n) is 3.59. The Kier molecular flexibility index (Phi) is 5.99. The molecule has 0 aliphatic carbocycles. The minimum Gasteiger partial charge on any atom is -0.497 e. The van der Waals surface area contributed by atoms with Crippen LogP contribution in [0.25, 0.3) is 11.0 Å². The van der Waals surface area contributed by atoms with Gasteiger partial charge in [0.05, 0.1) is 32.0 Å². The number of fused-ring (bicyclic) bond motifs is 1. The molecule has 10 nitrogen and oxygen atoms in total. The van der Waals surface area contributed by atoms with E-state index < -0.39 is 17.2 Å². The first kappa shape index (κ1) is 21.9. The van der Waals surface area contributed by atoms with Crippen molar-refractivity contribution in [3.63, 3.8) is 0 Å². The summed E-state index contributed by atoms with van der Waals surface area (Å²) in [5.74, 6) is 0.505. The summed E-state index contributed by atoms with van der Waals surface area (Å²) >= 11 is 0. The van der Waals surface area contributed by atoms with Crippen molar-refractivity contribution in [2.45, 2.75) is 13.1 Å². The Morgan fingerprint density at radius 2 is 1.79 bits per heavy atom. The van der Waals surface area contributed by atoms with Crippen LogP contribution in [-0.4, -0.2) is 39.0 Å². The van der Waals surface area contributed by atoms with E-state index in [9.17, 15) is 14.4 Å². The van der Waals surface area contributed by atoms with Crippen molar-refractivity contribution < 1.29 is 14.3 Å². The summed E-state index contributed by atoms with van der Waals surface area (Å²) in [4.78, 5) is 39.2. The van der Waals surface area contributed by atoms with Crippen molar-refractivity contribution in [1.82, 2.24) is 18.9 Å². The second-order valence-corrected chi connectivity index (χ2v) is 7.40. The van der Waals surface area contributed by atoms with Gasteiger partial charge in [0.15, 0.2) is 5.52 Å². The zero-order chi connectivity index (χ0) is 23.5. The van der Waals surface area contributed by atoms with Crippen molar-refractivity contribution in [2.24, 2.45) is 7.05 Å². The molecule has 2 aromatic carbocycles. The Labute approximate surface area is 188 Å². The predicted molar refractivity (Wildman–Crippen MR) is 123 cm³/mol. The number of ether oxygens (including phenoxy) is 2. The number of amides is 1. The summed E-state index contributed by atoms with van der Waals surface area (Å²) in [7, 11) is 4.65. The Balaban J connectivity index is 1.74. The molecule has 0 spiro atoms. The van der Waals surface area contributed by atoms with E-state index in [1.54, 1.807) is 31.4 Å². The smallest absolute Gasteiger partial charge is 0.332 e. The number of aryl methyl sites for hydroxylation is 1. The van der Waals surface area contributed by atoms with E-state index in [4.69, 9.17) is 9.47 Å². The van der Waals surface area contributed by atoms with E-state index in [0.717, 1.165) is 10.1 Å². The monoisotopic (exact) mass is 449 g/mol. The average Bonchev–Trinajstić information content (AvgIpc) is 3.21. The van der Waals surface area contributed by atoms with Crippen molar-refractivity contribution >= 4 is 22.6 Å². The van der Waals surface area contributed by atoms with Crippen LogP contribution in [0, 0.1) is 0 Å². The molecular formula is C23H23N5O5. The summed E-state index contributed by atoms with van der Waals surface area (Å²) in [6.07, 6.45) is 1.55. The highest BCUT2D eigenvalue weighted by molar-refractivity contribution is 5.93. The SMILES string of the molecule is COc1ccc(OC)c(NC(=O)Cn2c(=O)n(Cc3ccccc3)c(=O)c3nn(C)cc32)c1. The van der Waals surface area contributed by atoms with E-state index in [1.807, 2.05) is 30.3 Å². The Morgan fingerprint density at radius 3 is 2.48 bits per heavy atom. The van der Waals surface area contributed by atoms with Gasteiger partial charge >= 0.3 is 5.69 Å². The molecule has 0 atom stereocenters. The maximum absolute atomic E-state index is 13.3. The van der Waals surface area contributed by atoms with Gasteiger partial charge in [-0.1, -0.05) is 30.3 Å². The van der Waals surface area contributed by atoms with Gasteiger partial charge in [-0.25, -0.2) is 4.79 Å². The van der Waals surface area contributed by atoms with Crippen molar-refractivity contribution in [3.8, 4) is 11.5 Å². The standard InChI is InChI=1S/C23H23N5O5/c1-26-13-18-21(25-26)22(30)28(12-15-7-5-4-6-8-15)23(31)27(18)14-20(29)24-17-11-16(32-2)9-10-19(17)33-3/h4-11,13H,12,14H2,1-3H3,(H,24,29). The second-order valence-electron chi connectivity index (χ2n) is 7.40. The number of benzene rings is 2. The second kappa shape index (κ2) is 9.03. The maximum atomic E-state index is 13.3. The molecule has 170 valence electrons. The molecule has 4 rings (SSSR count). The van der Waals surface area contributed by atoms with Crippen LogP contribution < -0.4 is 26.0 Å². The molecule has 0 bridgehead atoms. The largest absolute Gasteiger partial charge is 0.497 e. The number of methoxy groups -OCH3 is 2. The van der Waals surface area contributed by atoms with E-state index in [-0.39, 0.29) is 24.1 Å². The lowest BCUT2D eigenvalue weighted by Gasteiger charge is -2.14. The highest BCUT2D eigenvalue weighted by Gasteiger charge is 2.19. The summed E-state index contributed by atoms with van der Waals surface area (Å²) < 4.78 is 14.3. The fraction of sp³-hybridized carbons (Fsp3) is 0.217. The number of rotatable bonds is 7. The molecule has 33 heavy (non-hydrogen) atoms. The average molecular weight is 449 g/mol. The summed E-state index contributed by atoms with van der Waals surface area (Å²) in [5, 5.41) is 6.96. The van der Waals surface area contributed by atoms with Crippen LogP contribution >= 0.6 is 0 Å². The lowest BCUT2D eigenvalue weighted by Crippen LogP contribution is -2.41. The first-order valence-electron chi connectivity index (χ1n) is 10.1. The third-order valence-corrected chi connectivity index (χ3v) is 5.18. The highest BCUT2D eigenvalue weighted by atomic mass is 16.5. The number of nitrogens with one attached hydrogen (secondary N) is 1. The number of nitrogens with zero attached hydrogens (tertiary/aromatic N) is 4. The third-order valence-electron chi connectivity index (χ3n) is 5.18. The van der Waals surface area contributed by atoms with Crippen molar-refractivity contribution in [2.75, 3.05) is 19.5 Å². The molecule has 0 saturated heterocycles. The van der Waals surface area contributed by atoms with E-state index in [2.05, 4.69) is 10.4 Å². The molecule has 4 aromatic rings. The van der Waals surface area contributed by atoms with Crippen molar-refractivity contribution in [1.29, 1.82) is 0 Å². The summed E-state index contributed by atoms with van der Waals surface area (Å²) in [6.45, 7) is -0.257. The lowest BCUT2D eigenvalue weighted by atomic mass is 10.2. The molecule has 0 unspecified atom stereocenters. The number of hydrogen-bond acceptors (Lipinski definition) is 6. The quantitative estimate of drug-likeness (QED) is 0.459. The Bertz CT molecular complexity index is 1440. The van der Waals surface area contributed by atoms with E-state index in [1.165, 1.54) is 23.5 Å². The summed E-state index contributed by atoms with van der Waals surface area (Å²) in [5.41, 5.74) is 0.464. The molecule has 2 aromatic heterocycles. The van der Waals surface area contributed by atoms with Gasteiger partial charge in [0, 0.05) is 19.3 Å². The molecule has 0 fully saturated rings. The van der Waals surface area contributed by atoms with E-state index >= 15 is 0 Å². The molecule has 2 heterocycles. The fourth-order valence-corrected chi connectivity index (χ4v) is 3.59. The molecule has 0 aliphatic rings. The first-order chi connectivity index (χ1) is 15.9. The molecule has 1 amide bonds. The normalized spacial score (nSPS) is 10.9. The van der Waals surface area contributed by atoms with Crippen LogP contribution in [0.1, 0.15) is 5.56 Å². The van der Waals surface area contributed by atoms with Gasteiger partial charge in [-0.3, -0.25) is 23.4 Å². The lowest BCUT2D eigenvalue weighted by molar-refractivity contribution is -0.116. The third kappa shape index (κ3) is 4.36. The number of anilines is 1. The first-order valence-corrected chi connectivity index (χ1v) is 10.1. The minimum atomic E-state index is -0.600. The van der Waals surface area contributed by atoms with Crippen molar-refractivity contribution in [3.05, 3.63) is 81.1 Å². The van der Waals surface area contributed by atoms with Gasteiger partial charge in [-0.05, 0) is 17.7 Å². The van der Waals surface area contributed by atoms with Crippen LogP contribution in [0.5, 0.6) is 11.5 Å². The van der Waals surface area contributed by atoms with Gasteiger partial charge in [0.1, 0.15) is 18.0 Å². The van der Waals surface area contributed by atoms with Crippen LogP contribution in [0.15, 0.2) is 64.3 Å². The number of hydrogen-bond donors (Lipinski definition) is 1. The van der Waals surface area contributed by atoms with Crippen LogP contribution in [-0.2, 0) is 24.9 Å². The Morgan fingerprint density at radius 1 is 1.03 bits per heavy atom. The molecule has 1 N–H and O–H groups in total. The maximum Gasteiger partial charge on any atom is 0.332 e. The molecule has 0 radical (unpaired) electrons. The highest BCUT2D eigenvalue weighted by Crippen LogP contribution is 2.28. The minimum absolute atomic E-state index is 0.0658. The molecule has 10 heteroatoms. The summed E-state index contributed by atoms with van der Waals surface area (Å²) in [6, 6.07) is 14.1. The van der Waals surface area contributed by atoms with Gasteiger partial charge in [0.25, 0.3) is 5.56 Å². The zero-order valence-corrected chi connectivity index (χ0v) is 18.4. The molecule has 0 aliphatic heterocycles. The number of aromatic nitrogens is 4. The van der Waals surface area contributed by atoms with E-state index in [0.29, 0.717) is 17.2 Å². The van der Waals surface area contributed by atoms with Gasteiger partial charge in [-0.15, -0.1) is 0 Å². The zero-order valence-electron chi connectivity index (χ0n) is 18.4. The number of carbonyl (C=O) groups is 1. The van der Waals surface area contributed by atoms with Gasteiger partial charge in [0.2, 0.25) is 5.91 Å². The predicted octanol–water partition coefficient (Wildman–Crippen LogP) is 1.60. The topological polar surface area (TPSA) is 109 Å². The van der Waals surface area contributed by atoms with Gasteiger partial charge < -0.3 is 14.8 Å². The number of carbonyl (C=O) groups excluding carboxylic acids is 1. The van der Waals surface area contributed by atoms with Crippen LogP contribution in [0.4, 0.5) is 5.69 Å². The van der Waals surface area contributed by atoms with Crippen LogP contribution in [0.3, 0.4) is 0 Å². The van der Waals surface area contributed by atoms with Crippen LogP contribution in [0.2, 0.25) is 0 Å². The molecule has 0 saturated carbocycles. The Hall–Kier alpha value is -4.34. The van der Waals surface area contributed by atoms with Gasteiger partial charge in [-0.2, -0.15) is 5.10 Å². The molecular weight excluding hydrogens is 426 g/mol.